The second-order valence-electron chi connectivity index (χ2n) is 10.5. The van der Waals surface area contributed by atoms with Crippen molar-refractivity contribution in [2.45, 2.75) is 76.2 Å². The zero-order valence-corrected chi connectivity index (χ0v) is 15.8. The number of aliphatic hydroxyl groups excluding tert-OH is 2. The summed E-state index contributed by atoms with van der Waals surface area (Å²) in [6.07, 6.45) is 4.55. The molecule has 11 atom stereocenters. The van der Waals surface area contributed by atoms with Gasteiger partial charge >= 0.3 is 0 Å². The lowest BCUT2D eigenvalue weighted by molar-refractivity contribution is -0.283. The fourth-order valence-corrected chi connectivity index (χ4v) is 8.93. The van der Waals surface area contributed by atoms with Gasteiger partial charge in [-0.3, -0.25) is 4.79 Å². The maximum absolute atomic E-state index is 12.1. The number of rotatable bonds is 1. The third-order valence-electron chi connectivity index (χ3n) is 9.83. The Labute approximate surface area is 159 Å². The van der Waals surface area contributed by atoms with Gasteiger partial charge in [0.25, 0.3) is 0 Å². The summed E-state index contributed by atoms with van der Waals surface area (Å²) in [5.41, 5.74) is -0.302. The molecule has 0 amide bonds. The maximum Gasteiger partial charge on any atom is 0.195 e. The van der Waals surface area contributed by atoms with Crippen molar-refractivity contribution in [1.82, 2.24) is 0 Å². The van der Waals surface area contributed by atoms with Crippen molar-refractivity contribution < 1.29 is 29.6 Å². The van der Waals surface area contributed by atoms with Crippen molar-refractivity contribution in [3.05, 3.63) is 0 Å². The standard InChI is InChI=1S/C21H30O6/c1-19-5-4-10(23)6-13(19)14(24)7-11-12-2-3-16-20(12)8-15(17(11)19)26-18(20)27-21(16,25)9-22/h11-18,22,24-25H,2-9H2,1H3/t11-,12-,13+,14-,15-,16-,17+,18?,19-,20+,21?/m0/s1. The van der Waals surface area contributed by atoms with E-state index in [1.165, 1.54) is 0 Å². The normalized spacial score (nSPS) is 63.6. The minimum absolute atomic E-state index is 0.0329. The predicted molar refractivity (Wildman–Crippen MR) is 93.1 cm³/mol. The molecule has 27 heavy (non-hydrogen) atoms. The molecule has 2 heterocycles. The van der Waals surface area contributed by atoms with E-state index in [-0.39, 0.29) is 34.6 Å². The number of fused-ring (bicyclic) bond motifs is 6. The molecule has 4 aliphatic carbocycles. The highest BCUT2D eigenvalue weighted by molar-refractivity contribution is 5.79. The molecule has 150 valence electrons. The van der Waals surface area contributed by atoms with E-state index >= 15 is 0 Å². The van der Waals surface area contributed by atoms with Gasteiger partial charge in [0.05, 0.1) is 18.8 Å². The average molecular weight is 378 g/mol. The fourth-order valence-electron chi connectivity index (χ4n) is 8.93. The molecule has 0 aromatic carbocycles. The van der Waals surface area contributed by atoms with Crippen LogP contribution in [0.1, 0.15) is 51.9 Å². The molecule has 2 saturated heterocycles. The Hall–Kier alpha value is -0.530. The molecule has 6 heteroatoms. The van der Waals surface area contributed by atoms with Gasteiger partial charge in [-0.05, 0) is 61.2 Å². The number of carbonyl (C=O) groups is 1. The van der Waals surface area contributed by atoms with Gasteiger partial charge in [-0.25, -0.2) is 0 Å². The topological polar surface area (TPSA) is 96.2 Å². The van der Waals surface area contributed by atoms with E-state index in [1.807, 2.05) is 0 Å². The van der Waals surface area contributed by atoms with Crippen LogP contribution < -0.4 is 0 Å². The largest absolute Gasteiger partial charge is 0.393 e. The Morgan fingerprint density at radius 1 is 1.26 bits per heavy atom. The van der Waals surface area contributed by atoms with Crippen LogP contribution in [0.15, 0.2) is 0 Å². The van der Waals surface area contributed by atoms with Gasteiger partial charge < -0.3 is 24.8 Å². The Morgan fingerprint density at radius 2 is 2.07 bits per heavy atom. The van der Waals surface area contributed by atoms with Gasteiger partial charge in [-0.2, -0.15) is 0 Å². The van der Waals surface area contributed by atoms with Gasteiger partial charge in [0.15, 0.2) is 12.1 Å². The van der Waals surface area contributed by atoms with Gasteiger partial charge in [-0.15, -0.1) is 0 Å². The van der Waals surface area contributed by atoms with Crippen molar-refractivity contribution in [1.29, 1.82) is 0 Å². The van der Waals surface area contributed by atoms with Crippen LogP contribution >= 0.6 is 0 Å². The van der Waals surface area contributed by atoms with Crippen LogP contribution in [0.2, 0.25) is 0 Å². The van der Waals surface area contributed by atoms with Gasteiger partial charge in [-0.1, -0.05) is 6.92 Å². The highest BCUT2D eigenvalue weighted by Crippen LogP contribution is 2.75. The summed E-state index contributed by atoms with van der Waals surface area (Å²) >= 11 is 0. The Morgan fingerprint density at radius 3 is 2.85 bits per heavy atom. The summed E-state index contributed by atoms with van der Waals surface area (Å²) in [5, 5.41) is 31.7. The molecule has 6 fully saturated rings. The SMILES string of the molecule is C[C@]12CCC(=O)C[C@@H]1[C@@H](O)C[C@@H]1[C@@H]2[C@@H]2C[C@]34C(O2)OC(O)(CO)[C@H]3CC[C@@H]14. The molecule has 0 radical (unpaired) electrons. The van der Waals surface area contributed by atoms with E-state index in [0.29, 0.717) is 30.6 Å². The van der Waals surface area contributed by atoms with Gasteiger partial charge in [0, 0.05) is 24.2 Å². The van der Waals surface area contributed by atoms with Crippen LogP contribution in [0, 0.1) is 40.4 Å². The first-order valence-corrected chi connectivity index (χ1v) is 10.7. The van der Waals surface area contributed by atoms with Crippen molar-refractivity contribution in [3.63, 3.8) is 0 Å². The zero-order valence-electron chi connectivity index (χ0n) is 15.8. The van der Waals surface area contributed by atoms with Crippen LogP contribution in [0.3, 0.4) is 0 Å². The number of ketones is 1. The Bertz CT molecular complexity index is 696. The molecule has 2 bridgehead atoms. The molecule has 2 unspecified atom stereocenters. The number of hydrogen-bond donors (Lipinski definition) is 3. The van der Waals surface area contributed by atoms with E-state index in [0.717, 1.165) is 32.1 Å². The first-order valence-electron chi connectivity index (χ1n) is 10.7. The molecule has 4 saturated carbocycles. The third-order valence-corrected chi connectivity index (χ3v) is 9.83. The van der Waals surface area contributed by atoms with Crippen LogP contribution in [0.5, 0.6) is 0 Å². The molecular formula is C21H30O6. The van der Waals surface area contributed by atoms with E-state index in [2.05, 4.69) is 6.92 Å². The van der Waals surface area contributed by atoms with Crippen LogP contribution in [0.25, 0.3) is 0 Å². The zero-order chi connectivity index (χ0) is 18.8. The number of hydrogen-bond acceptors (Lipinski definition) is 6. The van der Waals surface area contributed by atoms with Gasteiger partial charge in [0.1, 0.15) is 5.78 Å². The van der Waals surface area contributed by atoms with E-state index in [1.54, 1.807) is 0 Å². The molecule has 6 aliphatic rings. The monoisotopic (exact) mass is 378 g/mol. The minimum atomic E-state index is -1.49. The molecule has 2 aliphatic heterocycles. The predicted octanol–water partition coefficient (Wildman–Crippen LogP) is 1.21. The molecule has 0 aromatic heterocycles. The smallest absolute Gasteiger partial charge is 0.195 e. The molecule has 0 aromatic rings. The van der Waals surface area contributed by atoms with Crippen molar-refractivity contribution >= 4 is 5.78 Å². The van der Waals surface area contributed by atoms with E-state index < -0.39 is 24.8 Å². The lowest BCUT2D eigenvalue weighted by Gasteiger charge is -2.60. The molecule has 3 N–H and O–H groups in total. The second kappa shape index (κ2) is 5.14. The summed E-state index contributed by atoms with van der Waals surface area (Å²) in [5.74, 6) is -0.241. The highest BCUT2D eigenvalue weighted by atomic mass is 16.8. The van der Waals surface area contributed by atoms with Crippen molar-refractivity contribution in [2.75, 3.05) is 6.61 Å². The lowest BCUT2D eigenvalue weighted by atomic mass is 9.44. The first kappa shape index (κ1) is 17.3. The number of aliphatic hydroxyl groups is 3. The quantitative estimate of drug-likeness (QED) is 0.635. The lowest BCUT2D eigenvalue weighted by Crippen LogP contribution is -2.61. The molecular weight excluding hydrogens is 348 g/mol. The number of ether oxygens (including phenoxy) is 2. The van der Waals surface area contributed by atoms with E-state index in [4.69, 9.17) is 9.47 Å². The Kier molecular flexibility index (Phi) is 3.30. The average Bonchev–Trinajstić information content (AvgIpc) is 3.22. The number of Topliss-reactive ketones (excluding diaryl/α,β-unsaturated/α-hetero) is 1. The second-order valence-corrected chi connectivity index (χ2v) is 10.5. The van der Waals surface area contributed by atoms with E-state index in [9.17, 15) is 20.1 Å². The molecule has 6 nitrogen and oxygen atoms in total. The molecule has 1 spiro atoms. The van der Waals surface area contributed by atoms with Crippen LogP contribution in [0.4, 0.5) is 0 Å². The maximum atomic E-state index is 12.1. The third kappa shape index (κ3) is 1.83. The summed E-state index contributed by atoms with van der Waals surface area (Å²) in [6.45, 7) is 1.88. The summed E-state index contributed by atoms with van der Waals surface area (Å²) in [7, 11) is 0. The summed E-state index contributed by atoms with van der Waals surface area (Å²) in [6, 6.07) is 0. The minimum Gasteiger partial charge on any atom is -0.393 e. The van der Waals surface area contributed by atoms with Crippen molar-refractivity contribution in [2.24, 2.45) is 40.4 Å². The summed E-state index contributed by atoms with van der Waals surface area (Å²) < 4.78 is 12.4. The van der Waals surface area contributed by atoms with Crippen molar-refractivity contribution in [3.8, 4) is 0 Å². The fraction of sp³-hybridized carbons (Fsp3) is 0.952. The van der Waals surface area contributed by atoms with Crippen LogP contribution in [-0.2, 0) is 14.3 Å². The Balaban J connectivity index is 1.43. The first-order chi connectivity index (χ1) is 12.8. The highest BCUT2D eigenvalue weighted by Gasteiger charge is 2.78. The van der Waals surface area contributed by atoms with Crippen LogP contribution in [-0.4, -0.2) is 52.0 Å². The van der Waals surface area contributed by atoms with Gasteiger partial charge in [0.2, 0.25) is 0 Å². The molecule has 6 rings (SSSR count). The number of carbonyl (C=O) groups excluding carboxylic acids is 1. The summed E-state index contributed by atoms with van der Waals surface area (Å²) in [4.78, 5) is 12.1.